The molecule has 1 fully saturated rings. The van der Waals surface area contributed by atoms with Crippen molar-refractivity contribution in [1.29, 1.82) is 0 Å². The summed E-state index contributed by atoms with van der Waals surface area (Å²) in [6.07, 6.45) is 5.06. The quantitative estimate of drug-likeness (QED) is 0.553. The number of piperidine rings is 1. The summed E-state index contributed by atoms with van der Waals surface area (Å²) in [5.74, 6) is 1.88. The summed E-state index contributed by atoms with van der Waals surface area (Å²) >= 11 is 1.62. The number of hydrogen-bond acceptors (Lipinski definition) is 6. The number of anilines is 2. The fraction of sp³-hybridized carbons (Fsp3) is 0.636. The molecule has 0 amide bonds. The molecule has 1 aliphatic heterocycles. The van der Waals surface area contributed by atoms with Gasteiger partial charge in [-0.3, -0.25) is 0 Å². The molecule has 1 atom stereocenters. The van der Waals surface area contributed by atoms with Crippen LogP contribution in [0.5, 0.6) is 0 Å². The smallest absolute Gasteiger partial charge is 0.191 e. The summed E-state index contributed by atoms with van der Waals surface area (Å²) in [5.41, 5.74) is 11.2. The van der Waals surface area contributed by atoms with Crippen LogP contribution >= 0.6 is 11.8 Å². The highest BCUT2D eigenvalue weighted by atomic mass is 32.2. The van der Waals surface area contributed by atoms with Crippen molar-refractivity contribution in [1.82, 2.24) is 15.3 Å². The van der Waals surface area contributed by atoms with Gasteiger partial charge in [0.05, 0.1) is 0 Å². The second-order valence-corrected chi connectivity index (χ2v) is 5.35. The molecule has 1 aliphatic rings. The number of nitrogens with zero attached hydrogens (tertiary/aromatic N) is 2. The third-order valence-electron chi connectivity index (χ3n) is 2.86. The van der Waals surface area contributed by atoms with Gasteiger partial charge in [-0.1, -0.05) is 18.2 Å². The molecule has 0 aliphatic carbocycles. The predicted octanol–water partition coefficient (Wildman–Crippen LogP) is 1.27. The van der Waals surface area contributed by atoms with Crippen LogP contribution in [0.3, 0.4) is 0 Å². The minimum absolute atomic E-state index is 0.441. The van der Waals surface area contributed by atoms with Crippen LogP contribution in [0.1, 0.15) is 25.7 Å². The summed E-state index contributed by atoms with van der Waals surface area (Å²) in [7, 11) is 0. The molecule has 94 valence electrons. The van der Waals surface area contributed by atoms with E-state index in [1.165, 1.54) is 19.3 Å². The molecule has 0 aromatic carbocycles. The lowest BCUT2D eigenvalue weighted by atomic mass is 10.0. The van der Waals surface area contributed by atoms with Crippen molar-refractivity contribution in [2.45, 2.75) is 36.9 Å². The molecule has 6 heteroatoms. The Labute approximate surface area is 106 Å². The zero-order chi connectivity index (χ0) is 12.1. The molecule has 0 saturated carbocycles. The van der Waals surface area contributed by atoms with E-state index in [-0.39, 0.29) is 0 Å². The number of hydrogen-bond donors (Lipinski definition) is 3. The van der Waals surface area contributed by atoms with Crippen molar-refractivity contribution in [3.63, 3.8) is 0 Å². The minimum Gasteiger partial charge on any atom is -0.383 e. The van der Waals surface area contributed by atoms with E-state index >= 15 is 0 Å². The Hall–Kier alpha value is -1.01. The molecule has 1 saturated heterocycles. The Morgan fingerprint density at radius 1 is 1.29 bits per heavy atom. The van der Waals surface area contributed by atoms with E-state index in [0.29, 0.717) is 22.8 Å². The first-order valence-corrected chi connectivity index (χ1v) is 6.99. The summed E-state index contributed by atoms with van der Waals surface area (Å²) in [6.45, 7) is 1.15. The molecule has 2 rings (SSSR count). The van der Waals surface area contributed by atoms with E-state index in [1.807, 2.05) is 0 Å². The van der Waals surface area contributed by atoms with Gasteiger partial charge in [-0.15, -0.1) is 0 Å². The topological polar surface area (TPSA) is 89.9 Å². The van der Waals surface area contributed by atoms with E-state index in [2.05, 4.69) is 15.3 Å². The maximum Gasteiger partial charge on any atom is 0.191 e. The summed E-state index contributed by atoms with van der Waals surface area (Å²) in [6, 6.07) is 2.22. The van der Waals surface area contributed by atoms with Crippen LogP contribution in [-0.2, 0) is 0 Å². The first-order valence-electron chi connectivity index (χ1n) is 6.00. The molecule has 17 heavy (non-hydrogen) atoms. The number of thioether (sulfide) groups is 1. The summed E-state index contributed by atoms with van der Waals surface area (Å²) < 4.78 is 0. The molecule has 5 nitrogen and oxygen atoms in total. The van der Waals surface area contributed by atoms with Crippen LogP contribution in [0.15, 0.2) is 11.2 Å². The second-order valence-electron chi connectivity index (χ2n) is 4.28. The average Bonchev–Trinajstić information content (AvgIpc) is 2.29. The summed E-state index contributed by atoms with van der Waals surface area (Å²) in [4.78, 5) is 8.29. The highest BCUT2D eigenvalue weighted by molar-refractivity contribution is 7.99. The fourth-order valence-corrected chi connectivity index (χ4v) is 2.91. The molecule has 1 aromatic rings. The van der Waals surface area contributed by atoms with Crippen LogP contribution < -0.4 is 16.8 Å². The number of nitrogen functional groups attached to an aromatic ring is 2. The van der Waals surface area contributed by atoms with E-state index in [4.69, 9.17) is 11.5 Å². The fourth-order valence-electron chi connectivity index (χ4n) is 1.99. The van der Waals surface area contributed by atoms with Gasteiger partial charge < -0.3 is 16.8 Å². The van der Waals surface area contributed by atoms with Crippen molar-refractivity contribution >= 4 is 23.4 Å². The SMILES string of the molecule is Nc1cc(N)nc(SCCC2CCCCN2)n1. The highest BCUT2D eigenvalue weighted by Gasteiger charge is 2.12. The number of nitrogens with two attached hydrogens (primary N) is 2. The van der Waals surface area contributed by atoms with Crippen LogP contribution in [0.25, 0.3) is 0 Å². The summed E-state index contributed by atoms with van der Waals surface area (Å²) in [5, 5.41) is 4.20. The Balaban J connectivity index is 1.77. The first-order chi connectivity index (χ1) is 8.24. The van der Waals surface area contributed by atoms with Crippen molar-refractivity contribution in [2.24, 2.45) is 0 Å². The highest BCUT2D eigenvalue weighted by Crippen LogP contribution is 2.19. The Morgan fingerprint density at radius 2 is 2.06 bits per heavy atom. The lowest BCUT2D eigenvalue weighted by molar-refractivity contribution is 0.394. The Morgan fingerprint density at radius 3 is 2.71 bits per heavy atom. The maximum absolute atomic E-state index is 5.62. The standard InChI is InChI=1S/C11H19N5S/c12-9-7-10(13)16-11(15-9)17-6-4-8-3-1-2-5-14-8/h7-8,14H,1-6H2,(H4,12,13,15,16). The van der Waals surface area contributed by atoms with Crippen LogP contribution in [0, 0.1) is 0 Å². The largest absolute Gasteiger partial charge is 0.383 e. The molecule has 0 bridgehead atoms. The third-order valence-corrected chi connectivity index (χ3v) is 3.74. The van der Waals surface area contributed by atoms with Gasteiger partial charge in [0.2, 0.25) is 0 Å². The Kier molecular flexibility index (Phi) is 4.44. The predicted molar refractivity (Wildman–Crippen MR) is 71.8 cm³/mol. The van der Waals surface area contributed by atoms with Gasteiger partial charge in [-0.25, -0.2) is 9.97 Å². The minimum atomic E-state index is 0.441. The van der Waals surface area contributed by atoms with E-state index < -0.39 is 0 Å². The molecule has 1 aromatic heterocycles. The monoisotopic (exact) mass is 253 g/mol. The van der Waals surface area contributed by atoms with E-state index in [0.717, 1.165) is 18.7 Å². The number of rotatable bonds is 4. The Bertz CT molecular complexity index is 345. The zero-order valence-electron chi connectivity index (χ0n) is 9.85. The van der Waals surface area contributed by atoms with Gasteiger partial charge >= 0.3 is 0 Å². The van der Waals surface area contributed by atoms with Crippen LogP contribution in [0.4, 0.5) is 11.6 Å². The third kappa shape index (κ3) is 4.05. The van der Waals surface area contributed by atoms with Gasteiger partial charge in [0, 0.05) is 17.9 Å². The molecular formula is C11H19N5S. The van der Waals surface area contributed by atoms with Crippen LogP contribution in [0.2, 0.25) is 0 Å². The lowest BCUT2D eigenvalue weighted by Crippen LogP contribution is -2.34. The molecule has 0 radical (unpaired) electrons. The van der Waals surface area contributed by atoms with E-state index in [1.54, 1.807) is 17.8 Å². The molecule has 1 unspecified atom stereocenters. The van der Waals surface area contributed by atoms with Gasteiger partial charge in [0.1, 0.15) is 11.6 Å². The second kappa shape index (κ2) is 6.07. The molecule has 0 spiro atoms. The van der Waals surface area contributed by atoms with Crippen molar-refractivity contribution in [3.8, 4) is 0 Å². The zero-order valence-corrected chi connectivity index (χ0v) is 10.7. The van der Waals surface area contributed by atoms with Gasteiger partial charge in [0.15, 0.2) is 5.16 Å². The van der Waals surface area contributed by atoms with E-state index in [9.17, 15) is 0 Å². The molecule has 5 N–H and O–H groups in total. The lowest BCUT2D eigenvalue weighted by Gasteiger charge is -2.22. The van der Waals surface area contributed by atoms with Crippen molar-refractivity contribution in [3.05, 3.63) is 6.07 Å². The van der Waals surface area contributed by atoms with Crippen LogP contribution in [-0.4, -0.2) is 28.3 Å². The normalized spacial score (nSPS) is 20.4. The average molecular weight is 253 g/mol. The molecular weight excluding hydrogens is 234 g/mol. The van der Waals surface area contributed by atoms with Gasteiger partial charge in [0.25, 0.3) is 0 Å². The van der Waals surface area contributed by atoms with Gasteiger partial charge in [-0.05, 0) is 25.8 Å². The first kappa shape index (κ1) is 12.4. The van der Waals surface area contributed by atoms with Gasteiger partial charge in [-0.2, -0.15) is 0 Å². The van der Waals surface area contributed by atoms with Crippen molar-refractivity contribution < 1.29 is 0 Å². The van der Waals surface area contributed by atoms with Crippen molar-refractivity contribution in [2.75, 3.05) is 23.8 Å². The number of aromatic nitrogens is 2. The number of nitrogens with one attached hydrogen (secondary N) is 1. The molecule has 2 heterocycles. The maximum atomic E-state index is 5.62.